The second-order valence-electron chi connectivity index (χ2n) is 4.45. The Bertz CT molecular complexity index is 250. The number of hydrogen-bond donors (Lipinski definition) is 2. The van der Waals surface area contributed by atoms with Gasteiger partial charge in [0.25, 0.3) is 0 Å². The highest BCUT2D eigenvalue weighted by molar-refractivity contribution is 7.89. The van der Waals surface area contributed by atoms with Crippen molar-refractivity contribution in [1.82, 2.24) is 4.72 Å². The quantitative estimate of drug-likeness (QED) is 0.662. The maximum Gasteiger partial charge on any atom is 0.211 e. The summed E-state index contributed by atoms with van der Waals surface area (Å²) >= 11 is 0. The predicted octanol–water partition coefficient (Wildman–Crippen LogP) is 1.08. The highest BCUT2D eigenvalue weighted by Gasteiger charge is 2.13. The molecular formula is C10H24N2O2S. The number of rotatable bonds is 8. The third-order valence-electron chi connectivity index (χ3n) is 2.17. The molecule has 0 heterocycles. The Hall–Kier alpha value is -0.130. The molecule has 5 heteroatoms. The van der Waals surface area contributed by atoms with Crippen molar-refractivity contribution in [3.05, 3.63) is 0 Å². The van der Waals surface area contributed by atoms with E-state index in [-0.39, 0.29) is 11.8 Å². The SMILES string of the molecule is CC(C)CCC(C)NS(=O)(=O)CCCN. The van der Waals surface area contributed by atoms with E-state index in [0.29, 0.717) is 18.9 Å². The van der Waals surface area contributed by atoms with Crippen molar-refractivity contribution in [1.29, 1.82) is 0 Å². The van der Waals surface area contributed by atoms with Crippen molar-refractivity contribution in [2.75, 3.05) is 12.3 Å². The lowest BCUT2D eigenvalue weighted by Crippen LogP contribution is -2.35. The van der Waals surface area contributed by atoms with E-state index in [1.165, 1.54) is 0 Å². The van der Waals surface area contributed by atoms with E-state index in [1.54, 1.807) is 0 Å². The van der Waals surface area contributed by atoms with E-state index in [9.17, 15) is 8.42 Å². The van der Waals surface area contributed by atoms with Gasteiger partial charge in [0.2, 0.25) is 10.0 Å². The number of hydrogen-bond acceptors (Lipinski definition) is 3. The molecule has 3 N–H and O–H groups in total. The molecule has 0 aromatic rings. The van der Waals surface area contributed by atoms with Crippen LogP contribution in [0.2, 0.25) is 0 Å². The fourth-order valence-electron chi connectivity index (χ4n) is 1.28. The molecule has 0 bridgehead atoms. The van der Waals surface area contributed by atoms with Gasteiger partial charge < -0.3 is 5.73 Å². The summed E-state index contributed by atoms with van der Waals surface area (Å²) in [6, 6.07) is 0.0233. The van der Waals surface area contributed by atoms with E-state index >= 15 is 0 Å². The molecule has 15 heavy (non-hydrogen) atoms. The Morgan fingerprint density at radius 1 is 1.20 bits per heavy atom. The highest BCUT2D eigenvalue weighted by atomic mass is 32.2. The van der Waals surface area contributed by atoms with Crippen molar-refractivity contribution in [3.63, 3.8) is 0 Å². The Labute approximate surface area is 93.7 Å². The smallest absolute Gasteiger partial charge is 0.211 e. The van der Waals surface area contributed by atoms with Crippen LogP contribution >= 0.6 is 0 Å². The van der Waals surface area contributed by atoms with E-state index in [2.05, 4.69) is 18.6 Å². The van der Waals surface area contributed by atoms with Gasteiger partial charge in [0, 0.05) is 6.04 Å². The fourth-order valence-corrected chi connectivity index (χ4v) is 2.68. The predicted molar refractivity (Wildman–Crippen MR) is 64.1 cm³/mol. The van der Waals surface area contributed by atoms with Crippen LogP contribution in [0.4, 0.5) is 0 Å². The topological polar surface area (TPSA) is 72.2 Å². The molecular weight excluding hydrogens is 212 g/mol. The van der Waals surface area contributed by atoms with E-state index in [0.717, 1.165) is 12.8 Å². The summed E-state index contributed by atoms with van der Waals surface area (Å²) in [6.45, 7) is 6.59. The van der Waals surface area contributed by atoms with Gasteiger partial charge >= 0.3 is 0 Å². The van der Waals surface area contributed by atoms with Crippen LogP contribution in [0.3, 0.4) is 0 Å². The summed E-state index contributed by atoms with van der Waals surface area (Å²) < 4.78 is 25.6. The molecule has 92 valence electrons. The number of nitrogens with two attached hydrogens (primary N) is 1. The largest absolute Gasteiger partial charge is 0.330 e. The molecule has 0 saturated heterocycles. The van der Waals surface area contributed by atoms with Crippen LogP contribution in [0.1, 0.15) is 40.0 Å². The van der Waals surface area contributed by atoms with Crippen LogP contribution in [-0.4, -0.2) is 26.8 Å². The second-order valence-corrected chi connectivity index (χ2v) is 6.32. The summed E-state index contributed by atoms with van der Waals surface area (Å²) in [5, 5.41) is 0. The first-order valence-corrected chi connectivity index (χ1v) is 7.22. The van der Waals surface area contributed by atoms with Gasteiger partial charge in [-0.2, -0.15) is 0 Å². The van der Waals surface area contributed by atoms with Gasteiger partial charge in [0.05, 0.1) is 5.75 Å². The lowest BCUT2D eigenvalue weighted by atomic mass is 10.1. The lowest BCUT2D eigenvalue weighted by molar-refractivity contribution is 0.485. The van der Waals surface area contributed by atoms with Gasteiger partial charge in [-0.3, -0.25) is 0 Å². The summed E-state index contributed by atoms with van der Waals surface area (Å²) in [4.78, 5) is 0. The molecule has 0 rings (SSSR count). The van der Waals surface area contributed by atoms with Gasteiger partial charge in [0.15, 0.2) is 0 Å². The number of sulfonamides is 1. The molecule has 4 nitrogen and oxygen atoms in total. The van der Waals surface area contributed by atoms with Gasteiger partial charge in [-0.15, -0.1) is 0 Å². The van der Waals surface area contributed by atoms with Gasteiger partial charge in [-0.1, -0.05) is 13.8 Å². The molecule has 0 amide bonds. The maximum atomic E-state index is 11.5. The highest BCUT2D eigenvalue weighted by Crippen LogP contribution is 2.07. The Morgan fingerprint density at radius 3 is 2.27 bits per heavy atom. The number of nitrogens with one attached hydrogen (secondary N) is 1. The molecule has 1 atom stereocenters. The molecule has 0 aliphatic heterocycles. The second kappa shape index (κ2) is 7.19. The minimum Gasteiger partial charge on any atom is -0.330 e. The van der Waals surface area contributed by atoms with E-state index in [4.69, 9.17) is 5.73 Å². The van der Waals surface area contributed by atoms with Crippen molar-refractivity contribution in [2.24, 2.45) is 11.7 Å². The molecule has 0 radical (unpaired) electrons. The Kier molecular flexibility index (Phi) is 7.13. The van der Waals surface area contributed by atoms with Crippen molar-refractivity contribution < 1.29 is 8.42 Å². The van der Waals surface area contributed by atoms with E-state index < -0.39 is 10.0 Å². The van der Waals surface area contributed by atoms with Crippen LogP contribution in [0, 0.1) is 5.92 Å². The van der Waals surface area contributed by atoms with Crippen LogP contribution < -0.4 is 10.5 Å². The zero-order chi connectivity index (χ0) is 11.9. The third kappa shape index (κ3) is 8.84. The first-order valence-electron chi connectivity index (χ1n) is 5.57. The summed E-state index contributed by atoms with van der Waals surface area (Å²) in [5.74, 6) is 0.746. The van der Waals surface area contributed by atoms with Gasteiger partial charge in [0.1, 0.15) is 0 Å². The van der Waals surface area contributed by atoms with Crippen LogP contribution in [0.15, 0.2) is 0 Å². The van der Waals surface area contributed by atoms with Crippen LogP contribution in [0.25, 0.3) is 0 Å². The molecule has 0 fully saturated rings. The minimum absolute atomic E-state index is 0.0233. The lowest BCUT2D eigenvalue weighted by Gasteiger charge is -2.15. The molecule has 0 aromatic carbocycles. The van der Waals surface area contributed by atoms with Gasteiger partial charge in [-0.25, -0.2) is 13.1 Å². The van der Waals surface area contributed by atoms with Crippen molar-refractivity contribution in [2.45, 2.75) is 46.1 Å². The molecule has 0 aliphatic carbocycles. The van der Waals surface area contributed by atoms with Crippen molar-refractivity contribution in [3.8, 4) is 0 Å². The zero-order valence-electron chi connectivity index (χ0n) is 9.99. The monoisotopic (exact) mass is 236 g/mol. The molecule has 1 unspecified atom stereocenters. The fraction of sp³-hybridized carbons (Fsp3) is 1.00. The summed E-state index contributed by atoms with van der Waals surface area (Å²) in [7, 11) is -3.12. The Balaban J connectivity index is 3.88. The average Bonchev–Trinajstić information content (AvgIpc) is 2.11. The maximum absolute atomic E-state index is 11.5. The first-order chi connectivity index (χ1) is 6.87. The van der Waals surface area contributed by atoms with Crippen LogP contribution in [-0.2, 0) is 10.0 Å². The zero-order valence-corrected chi connectivity index (χ0v) is 10.8. The standard InChI is InChI=1S/C10H24N2O2S/c1-9(2)5-6-10(3)12-15(13,14)8-4-7-11/h9-10,12H,4-8,11H2,1-3H3. The van der Waals surface area contributed by atoms with Gasteiger partial charge in [-0.05, 0) is 38.6 Å². The minimum atomic E-state index is -3.12. The first kappa shape index (κ1) is 14.9. The summed E-state index contributed by atoms with van der Waals surface area (Å²) in [5.41, 5.74) is 5.27. The summed E-state index contributed by atoms with van der Waals surface area (Å²) in [6.07, 6.45) is 2.45. The molecule has 0 spiro atoms. The average molecular weight is 236 g/mol. The van der Waals surface area contributed by atoms with E-state index in [1.807, 2.05) is 6.92 Å². The molecule has 0 saturated carbocycles. The molecule has 0 aromatic heterocycles. The van der Waals surface area contributed by atoms with Crippen LogP contribution in [0.5, 0.6) is 0 Å². The normalized spacial score (nSPS) is 14.5. The third-order valence-corrected chi connectivity index (χ3v) is 3.76. The van der Waals surface area contributed by atoms with Crippen molar-refractivity contribution >= 4 is 10.0 Å². The Morgan fingerprint density at radius 2 is 1.80 bits per heavy atom. The molecule has 0 aliphatic rings.